The number of pyridine rings is 1. The summed E-state index contributed by atoms with van der Waals surface area (Å²) >= 11 is 3.22. The molecule has 13 heavy (non-hydrogen) atoms. The standard InChI is InChI=1S/C8H9BrN2O2/c1-13-7(12)2-5-3-11-4-6(9)8(5)10/h3-4H,2H2,1H3,(H2,10,11). The highest BCUT2D eigenvalue weighted by Crippen LogP contribution is 2.21. The fourth-order valence-electron chi connectivity index (χ4n) is 0.854. The maximum absolute atomic E-state index is 10.9. The van der Waals surface area contributed by atoms with Gasteiger partial charge in [0.25, 0.3) is 0 Å². The predicted octanol–water partition coefficient (Wildman–Crippen LogP) is 1.14. The Hall–Kier alpha value is -1.10. The molecular weight excluding hydrogens is 236 g/mol. The van der Waals surface area contributed by atoms with Gasteiger partial charge in [-0.3, -0.25) is 9.78 Å². The minimum atomic E-state index is -0.327. The average Bonchev–Trinajstić information content (AvgIpc) is 2.13. The van der Waals surface area contributed by atoms with Gasteiger partial charge < -0.3 is 10.5 Å². The van der Waals surface area contributed by atoms with E-state index in [1.54, 1.807) is 12.4 Å². The number of nitrogens with zero attached hydrogens (tertiary/aromatic N) is 1. The topological polar surface area (TPSA) is 65.2 Å². The van der Waals surface area contributed by atoms with Gasteiger partial charge in [-0.15, -0.1) is 0 Å². The zero-order valence-corrected chi connectivity index (χ0v) is 8.67. The van der Waals surface area contributed by atoms with Crippen molar-refractivity contribution < 1.29 is 9.53 Å². The minimum absolute atomic E-state index is 0.148. The van der Waals surface area contributed by atoms with Crippen molar-refractivity contribution in [1.82, 2.24) is 4.98 Å². The SMILES string of the molecule is COC(=O)Cc1cncc(Br)c1N. The fourth-order valence-corrected chi connectivity index (χ4v) is 1.23. The molecule has 4 nitrogen and oxygen atoms in total. The number of carbonyl (C=O) groups is 1. The Labute approximate surface area is 84.2 Å². The number of halogens is 1. The first-order valence-corrected chi connectivity index (χ1v) is 4.39. The van der Waals surface area contributed by atoms with Gasteiger partial charge in [0.1, 0.15) is 0 Å². The van der Waals surface area contributed by atoms with Crippen molar-refractivity contribution in [2.24, 2.45) is 0 Å². The number of anilines is 1. The molecule has 1 rings (SSSR count). The van der Waals surface area contributed by atoms with E-state index in [-0.39, 0.29) is 12.4 Å². The highest BCUT2D eigenvalue weighted by Gasteiger charge is 2.08. The van der Waals surface area contributed by atoms with Gasteiger partial charge in [0.15, 0.2) is 0 Å². The Balaban J connectivity index is 2.89. The van der Waals surface area contributed by atoms with E-state index in [0.29, 0.717) is 15.7 Å². The first kappa shape index (κ1) is 9.98. The van der Waals surface area contributed by atoms with Crippen LogP contribution in [-0.2, 0) is 16.0 Å². The average molecular weight is 245 g/mol. The number of aromatic nitrogens is 1. The Morgan fingerprint density at radius 3 is 3.00 bits per heavy atom. The molecule has 0 saturated heterocycles. The van der Waals surface area contributed by atoms with Gasteiger partial charge in [0.2, 0.25) is 0 Å². The van der Waals surface area contributed by atoms with Gasteiger partial charge in [-0.05, 0) is 15.9 Å². The van der Waals surface area contributed by atoms with Gasteiger partial charge in [0.05, 0.1) is 23.7 Å². The molecule has 0 saturated carbocycles. The third-order valence-corrected chi connectivity index (χ3v) is 2.22. The van der Waals surface area contributed by atoms with Crippen LogP contribution in [0.5, 0.6) is 0 Å². The van der Waals surface area contributed by atoms with Gasteiger partial charge in [-0.25, -0.2) is 0 Å². The summed E-state index contributed by atoms with van der Waals surface area (Å²) in [6.07, 6.45) is 3.28. The van der Waals surface area contributed by atoms with Gasteiger partial charge in [-0.1, -0.05) is 0 Å². The van der Waals surface area contributed by atoms with Gasteiger partial charge >= 0.3 is 5.97 Å². The number of carbonyl (C=O) groups excluding carboxylic acids is 1. The second kappa shape index (κ2) is 4.23. The lowest BCUT2D eigenvalue weighted by atomic mass is 10.2. The molecule has 70 valence electrons. The summed E-state index contributed by atoms with van der Waals surface area (Å²) in [5.41, 5.74) is 6.89. The number of methoxy groups -OCH3 is 1. The number of hydrogen-bond donors (Lipinski definition) is 1. The molecule has 0 spiro atoms. The summed E-state index contributed by atoms with van der Waals surface area (Å²) < 4.78 is 5.20. The van der Waals surface area contributed by atoms with Crippen LogP contribution in [0, 0.1) is 0 Å². The summed E-state index contributed by atoms with van der Waals surface area (Å²) in [5.74, 6) is -0.327. The lowest BCUT2D eigenvalue weighted by Gasteiger charge is -2.04. The summed E-state index contributed by atoms with van der Waals surface area (Å²) in [5, 5.41) is 0. The monoisotopic (exact) mass is 244 g/mol. The van der Waals surface area contributed by atoms with Crippen molar-refractivity contribution in [2.45, 2.75) is 6.42 Å². The van der Waals surface area contributed by atoms with Crippen LogP contribution >= 0.6 is 15.9 Å². The van der Waals surface area contributed by atoms with Crippen LogP contribution in [0.2, 0.25) is 0 Å². The summed E-state index contributed by atoms with van der Waals surface area (Å²) in [6, 6.07) is 0. The van der Waals surface area contributed by atoms with Crippen molar-refractivity contribution >= 4 is 27.6 Å². The molecule has 0 amide bonds. The van der Waals surface area contributed by atoms with E-state index in [1.807, 2.05) is 0 Å². The number of rotatable bonds is 2. The molecule has 2 N–H and O–H groups in total. The molecule has 1 heterocycles. The van der Waals surface area contributed by atoms with Crippen molar-refractivity contribution in [3.63, 3.8) is 0 Å². The second-order valence-corrected chi connectivity index (χ2v) is 3.30. The first-order chi connectivity index (χ1) is 6.15. The molecule has 0 aliphatic carbocycles. The van der Waals surface area contributed by atoms with E-state index in [0.717, 1.165) is 0 Å². The van der Waals surface area contributed by atoms with Crippen molar-refractivity contribution in [1.29, 1.82) is 0 Å². The number of nitrogen functional groups attached to an aromatic ring is 1. The Bertz CT molecular complexity index is 328. The Morgan fingerprint density at radius 2 is 2.38 bits per heavy atom. The van der Waals surface area contributed by atoms with Crippen LogP contribution in [0.1, 0.15) is 5.56 Å². The summed E-state index contributed by atoms with van der Waals surface area (Å²) in [6.45, 7) is 0. The predicted molar refractivity (Wildman–Crippen MR) is 52.1 cm³/mol. The van der Waals surface area contributed by atoms with Gasteiger partial charge in [-0.2, -0.15) is 0 Å². The molecule has 0 unspecified atom stereocenters. The fraction of sp³-hybridized carbons (Fsp3) is 0.250. The highest BCUT2D eigenvalue weighted by molar-refractivity contribution is 9.10. The lowest BCUT2D eigenvalue weighted by Crippen LogP contribution is -2.07. The number of hydrogen-bond acceptors (Lipinski definition) is 4. The van der Waals surface area contributed by atoms with E-state index < -0.39 is 0 Å². The maximum atomic E-state index is 10.9. The number of esters is 1. The molecule has 0 radical (unpaired) electrons. The number of nitrogens with two attached hydrogens (primary N) is 1. The van der Waals surface area contributed by atoms with Crippen LogP contribution in [0.4, 0.5) is 5.69 Å². The van der Waals surface area contributed by atoms with E-state index in [2.05, 4.69) is 25.7 Å². The molecule has 1 aromatic rings. The molecule has 0 bridgehead atoms. The van der Waals surface area contributed by atoms with Crippen LogP contribution in [-0.4, -0.2) is 18.1 Å². The first-order valence-electron chi connectivity index (χ1n) is 3.60. The third-order valence-electron chi connectivity index (χ3n) is 1.58. The molecule has 0 aliphatic rings. The molecule has 0 aliphatic heterocycles. The molecule has 0 aromatic carbocycles. The van der Waals surface area contributed by atoms with Gasteiger partial charge in [0, 0.05) is 18.0 Å². The van der Waals surface area contributed by atoms with Crippen molar-refractivity contribution in [3.05, 3.63) is 22.4 Å². The lowest BCUT2D eigenvalue weighted by molar-refractivity contribution is -0.139. The maximum Gasteiger partial charge on any atom is 0.310 e. The zero-order valence-electron chi connectivity index (χ0n) is 7.08. The molecule has 0 atom stereocenters. The van der Waals surface area contributed by atoms with Crippen LogP contribution in [0.25, 0.3) is 0 Å². The van der Waals surface area contributed by atoms with E-state index in [1.165, 1.54) is 7.11 Å². The van der Waals surface area contributed by atoms with E-state index in [4.69, 9.17) is 5.73 Å². The van der Waals surface area contributed by atoms with Crippen LogP contribution < -0.4 is 5.73 Å². The minimum Gasteiger partial charge on any atom is -0.469 e. The van der Waals surface area contributed by atoms with E-state index >= 15 is 0 Å². The molecule has 0 fully saturated rings. The Kier molecular flexibility index (Phi) is 3.25. The van der Waals surface area contributed by atoms with Crippen LogP contribution in [0.15, 0.2) is 16.9 Å². The number of ether oxygens (including phenoxy) is 1. The quantitative estimate of drug-likeness (QED) is 0.793. The normalized spacial score (nSPS) is 9.69. The van der Waals surface area contributed by atoms with Crippen molar-refractivity contribution in [3.8, 4) is 0 Å². The second-order valence-electron chi connectivity index (χ2n) is 2.45. The highest BCUT2D eigenvalue weighted by atomic mass is 79.9. The largest absolute Gasteiger partial charge is 0.469 e. The zero-order chi connectivity index (χ0) is 9.84. The molecule has 1 aromatic heterocycles. The summed E-state index contributed by atoms with van der Waals surface area (Å²) in [7, 11) is 1.34. The van der Waals surface area contributed by atoms with Crippen LogP contribution in [0.3, 0.4) is 0 Å². The Morgan fingerprint density at radius 1 is 1.69 bits per heavy atom. The van der Waals surface area contributed by atoms with E-state index in [9.17, 15) is 4.79 Å². The summed E-state index contributed by atoms with van der Waals surface area (Å²) in [4.78, 5) is 14.8. The van der Waals surface area contributed by atoms with Crippen molar-refractivity contribution in [2.75, 3.05) is 12.8 Å². The third kappa shape index (κ3) is 2.42. The smallest absolute Gasteiger partial charge is 0.310 e. The molecular formula is C8H9BrN2O2. The molecule has 5 heteroatoms.